The molecule has 2 aromatic rings. The predicted octanol–water partition coefficient (Wildman–Crippen LogP) is 4.60. The van der Waals surface area contributed by atoms with Crippen LogP contribution >= 0.6 is 0 Å². The van der Waals surface area contributed by atoms with Crippen molar-refractivity contribution in [2.45, 2.75) is 76.9 Å². The molecular formula is C32H42Se4. The van der Waals surface area contributed by atoms with Gasteiger partial charge in [-0.25, -0.2) is 0 Å². The fraction of sp³-hybridized carbons (Fsp3) is 0.625. The minimum atomic E-state index is 0.596. The molecule has 0 N–H and O–H groups in total. The van der Waals surface area contributed by atoms with Crippen LogP contribution in [-0.2, 0) is 0 Å². The van der Waals surface area contributed by atoms with E-state index in [9.17, 15) is 0 Å². The first-order valence-electron chi connectivity index (χ1n) is 14.0. The van der Waals surface area contributed by atoms with Gasteiger partial charge in [-0.15, -0.1) is 0 Å². The maximum absolute atomic E-state index is 2.56. The first-order valence-corrected chi connectivity index (χ1v) is 23.8. The molecule has 194 valence electrons. The van der Waals surface area contributed by atoms with Crippen LogP contribution < -0.4 is 17.8 Å². The SMILES string of the molecule is C[C@@H]1C[C@H]2[C@@H](C[C@H]1[Se]c1ccccc1[Se][Se]c1ccccc1[Se][C@@H]1C[C@@H]3[C@H](C[C@H]1C)C3(C)C)C2(C)C. The second-order valence-electron chi connectivity index (χ2n) is 13.3. The van der Waals surface area contributed by atoms with E-state index in [0.29, 0.717) is 67.0 Å². The standard InChI is InChI=1S/C32H42Se4/c1-19-15-21-23(31(21,3)4)17-29(19)33-25-11-7-9-13-27(25)35-36-28-14-10-8-12-26(28)34-30-18-24-22(16-20(30)2)32(24,5)6/h7-14,19-24,29-30H,15-18H2,1-6H3/t19-,20-,21+,22+,23-,24-,29-,30-/m1/s1. The fourth-order valence-electron chi connectivity index (χ4n) is 7.63. The summed E-state index contributed by atoms with van der Waals surface area (Å²) in [4.78, 5) is 1.90. The molecule has 0 amide bonds. The van der Waals surface area contributed by atoms with Crippen molar-refractivity contribution in [3.8, 4) is 0 Å². The zero-order valence-corrected chi connectivity index (χ0v) is 29.6. The van der Waals surface area contributed by atoms with Gasteiger partial charge >= 0.3 is 246 Å². The molecule has 4 aliphatic rings. The molecule has 0 nitrogen and oxygen atoms in total. The van der Waals surface area contributed by atoms with Crippen LogP contribution in [0.1, 0.15) is 67.2 Å². The Morgan fingerprint density at radius 3 is 1.25 bits per heavy atom. The van der Waals surface area contributed by atoms with E-state index in [1.165, 1.54) is 25.7 Å². The first kappa shape index (κ1) is 26.7. The molecule has 4 aliphatic carbocycles. The monoisotopic (exact) mass is 746 g/mol. The zero-order valence-electron chi connectivity index (χ0n) is 22.7. The van der Waals surface area contributed by atoms with Gasteiger partial charge in [0.1, 0.15) is 0 Å². The quantitative estimate of drug-likeness (QED) is 0.365. The van der Waals surface area contributed by atoms with Gasteiger partial charge in [-0.2, -0.15) is 0 Å². The molecule has 0 aliphatic heterocycles. The van der Waals surface area contributed by atoms with Crippen LogP contribution in [0.5, 0.6) is 0 Å². The van der Waals surface area contributed by atoms with Crippen LogP contribution in [0.25, 0.3) is 0 Å². The van der Waals surface area contributed by atoms with Crippen LogP contribution in [0.4, 0.5) is 0 Å². The molecule has 0 spiro atoms. The summed E-state index contributed by atoms with van der Waals surface area (Å²) in [5.41, 5.74) is 1.26. The average molecular weight is 743 g/mol. The maximum atomic E-state index is 2.56. The molecule has 8 atom stereocenters. The van der Waals surface area contributed by atoms with Gasteiger partial charge in [-0.3, -0.25) is 0 Å². The molecule has 0 heterocycles. The average Bonchev–Trinajstić information content (AvgIpc) is 3.60. The predicted molar refractivity (Wildman–Crippen MR) is 160 cm³/mol. The van der Waals surface area contributed by atoms with Crippen molar-refractivity contribution in [3.05, 3.63) is 48.5 Å². The Kier molecular flexibility index (Phi) is 7.55. The fourth-order valence-corrected chi connectivity index (χ4v) is 24.6. The number of benzene rings is 2. The van der Waals surface area contributed by atoms with E-state index in [2.05, 4.69) is 90.1 Å². The third-order valence-corrected chi connectivity index (χ3v) is 25.7. The molecule has 0 saturated heterocycles. The summed E-state index contributed by atoms with van der Waals surface area (Å²) in [6.45, 7) is 15.2. The van der Waals surface area contributed by atoms with Crippen molar-refractivity contribution in [3.63, 3.8) is 0 Å². The van der Waals surface area contributed by atoms with Crippen molar-refractivity contribution in [1.82, 2.24) is 0 Å². The Balaban J connectivity index is 1.12. The van der Waals surface area contributed by atoms with Gasteiger partial charge in [0.05, 0.1) is 0 Å². The van der Waals surface area contributed by atoms with Gasteiger partial charge in [-0.05, 0) is 0 Å². The Morgan fingerprint density at radius 2 is 0.861 bits per heavy atom. The topological polar surface area (TPSA) is 0 Å². The third-order valence-electron chi connectivity index (χ3n) is 10.5. The summed E-state index contributed by atoms with van der Waals surface area (Å²) in [6, 6.07) is 19.2. The molecule has 4 saturated carbocycles. The zero-order chi connectivity index (χ0) is 25.2. The van der Waals surface area contributed by atoms with Crippen molar-refractivity contribution in [2.24, 2.45) is 46.3 Å². The van der Waals surface area contributed by atoms with E-state index in [1.807, 2.05) is 0 Å². The third kappa shape index (κ3) is 5.06. The number of fused-ring (bicyclic) bond motifs is 2. The molecule has 36 heavy (non-hydrogen) atoms. The van der Waals surface area contributed by atoms with E-state index in [1.54, 1.807) is 17.8 Å². The molecule has 6 rings (SSSR count). The summed E-state index contributed by atoms with van der Waals surface area (Å²) in [5.74, 6) is 5.88. The first-order chi connectivity index (χ1) is 17.2. The van der Waals surface area contributed by atoms with E-state index in [4.69, 9.17) is 0 Å². The van der Waals surface area contributed by atoms with Crippen molar-refractivity contribution >= 4 is 74.0 Å². The van der Waals surface area contributed by atoms with Gasteiger partial charge in [0, 0.05) is 0 Å². The Morgan fingerprint density at radius 1 is 0.528 bits per heavy atom. The summed E-state index contributed by atoms with van der Waals surface area (Å²) >= 11 is 2.45. The molecule has 2 aromatic carbocycles. The summed E-state index contributed by atoms with van der Waals surface area (Å²) in [6.07, 6.45) is 5.95. The van der Waals surface area contributed by atoms with Gasteiger partial charge in [0.2, 0.25) is 0 Å². The van der Waals surface area contributed by atoms with Gasteiger partial charge in [-0.1, -0.05) is 0 Å². The van der Waals surface area contributed by atoms with Gasteiger partial charge in [0.15, 0.2) is 0 Å². The van der Waals surface area contributed by atoms with Crippen LogP contribution in [0.15, 0.2) is 48.5 Å². The van der Waals surface area contributed by atoms with Crippen LogP contribution in [-0.4, -0.2) is 56.2 Å². The van der Waals surface area contributed by atoms with E-state index in [-0.39, 0.29) is 0 Å². The van der Waals surface area contributed by atoms with E-state index >= 15 is 0 Å². The molecule has 0 unspecified atom stereocenters. The van der Waals surface area contributed by atoms with Crippen LogP contribution in [0.2, 0.25) is 9.63 Å². The summed E-state index contributed by atoms with van der Waals surface area (Å²) in [7, 11) is 0. The van der Waals surface area contributed by atoms with Crippen molar-refractivity contribution in [2.75, 3.05) is 0 Å². The summed E-state index contributed by atoms with van der Waals surface area (Å²) in [5, 5.41) is 0. The summed E-state index contributed by atoms with van der Waals surface area (Å²) < 4.78 is 6.94. The Hall–Kier alpha value is 0.518. The van der Waals surface area contributed by atoms with Crippen molar-refractivity contribution < 1.29 is 0 Å². The van der Waals surface area contributed by atoms with Crippen LogP contribution in [0.3, 0.4) is 0 Å². The molecule has 0 radical (unpaired) electrons. The Bertz CT molecular complexity index is 1020. The molecule has 4 heteroatoms. The number of rotatable bonds is 7. The second-order valence-corrected chi connectivity index (χ2v) is 24.9. The molecule has 4 fully saturated rings. The normalized spacial score (nSPS) is 37.6. The Labute approximate surface area is 243 Å². The van der Waals surface area contributed by atoms with E-state index < -0.39 is 0 Å². The van der Waals surface area contributed by atoms with Crippen LogP contribution in [0, 0.1) is 46.3 Å². The number of hydrogen-bond acceptors (Lipinski definition) is 0. The van der Waals surface area contributed by atoms with Gasteiger partial charge < -0.3 is 0 Å². The molecule has 0 bridgehead atoms. The number of hydrogen-bond donors (Lipinski definition) is 0. The second kappa shape index (κ2) is 10.2. The minimum absolute atomic E-state index is 0.596. The molecule has 0 aromatic heterocycles. The van der Waals surface area contributed by atoms with E-state index in [0.717, 1.165) is 45.1 Å². The van der Waals surface area contributed by atoms with Crippen molar-refractivity contribution in [1.29, 1.82) is 0 Å². The van der Waals surface area contributed by atoms with Gasteiger partial charge in [0.25, 0.3) is 0 Å². The molecular weight excluding hydrogens is 700 g/mol.